The summed E-state index contributed by atoms with van der Waals surface area (Å²) in [7, 11) is 0. The Bertz CT molecular complexity index is 119. The molecule has 0 N–H and O–H groups in total. The van der Waals surface area contributed by atoms with Gasteiger partial charge in [-0.2, -0.15) is 0 Å². The van der Waals surface area contributed by atoms with Gasteiger partial charge in [-0.05, 0) is 13.0 Å². The summed E-state index contributed by atoms with van der Waals surface area (Å²) >= 11 is -1.13. The smallest absolute Gasteiger partial charge is 0.181 e. The lowest BCUT2D eigenvalue weighted by atomic mass is 10.4. The highest BCUT2D eigenvalue weighted by atomic mass is 32.2. The van der Waals surface area contributed by atoms with Crippen molar-refractivity contribution in [3.8, 4) is 0 Å². The quantitative estimate of drug-likeness (QED) is 0.465. The van der Waals surface area contributed by atoms with E-state index >= 15 is 0 Å². The monoisotopic (exact) mass is 118 g/mol. The second-order valence-corrected chi connectivity index (χ2v) is 2.38. The average molecular weight is 118 g/mol. The molecule has 0 aromatic carbocycles. The van der Waals surface area contributed by atoms with Crippen LogP contribution in [0.25, 0.3) is 0 Å². The maximum Gasteiger partial charge on any atom is 0.181 e. The van der Waals surface area contributed by atoms with Crippen molar-refractivity contribution in [1.29, 1.82) is 0 Å². The van der Waals surface area contributed by atoms with E-state index in [1.54, 1.807) is 11.5 Å². The third-order valence-electron chi connectivity index (χ3n) is 0.707. The fourth-order valence-corrected chi connectivity index (χ4v) is 1.17. The molecule has 3 heteroatoms. The molecule has 2 unspecified atom stereocenters. The second kappa shape index (κ2) is 1.76. The van der Waals surface area contributed by atoms with Crippen LogP contribution in [-0.4, -0.2) is 10.3 Å². The van der Waals surface area contributed by atoms with E-state index in [1.165, 1.54) is 0 Å². The minimum Gasteiger partial charge on any atom is -0.280 e. The lowest BCUT2D eigenvalue weighted by Gasteiger charge is -1.92. The van der Waals surface area contributed by atoms with E-state index in [0.29, 0.717) is 0 Å². The van der Waals surface area contributed by atoms with Gasteiger partial charge in [0, 0.05) is 5.41 Å². The van der Waals surface area contributed by atoms with E-state index in [4.69, 9.17) is 4.18 Å². The highest BCUT2D eigenvalue weighted by Gasteiger charge is 2.07. The zero-order chi connectivity index (χ0) is 5.28. The van der Waals surface area contributed by atoms with Crippen LogP contribution in [0.15, 0.2) is 11.5 Å². The summed E-state index contributed by atoms with van der Waals surface area (Å²) in [5.41, 5.74) is 0. The standard InChI is InChI=1S/C4H6O2S/c1-4-2-3-7(5)6-4/h2-4H,1H3. The van der Waals surface area contributed by atoms with Crippen molar-refractivity contribution in [3.63, 3.8) is 0 Å². The maximum atomic E-state index is 10.3. The topological polar surface area (TPSA) is 26.3 Å². The first-order valence-electron chi connectivity index (χ1n) is 2.05. The molecule has 0 saturated heterocycles. The van der Waals surface area contributed by atoms with Crippen molar-refractivity contribution in [3.05, 3.63) is 11.5 Å². The van der Waals surface area contributed by atoms with E-state index in [1.807, 2.05) is 6.92 Å². The molecule has 0 fully saturated rings. The van der Waals surface area contributed by atoms with Gasteiger partial charge in [0.25, 0.3) is 0 Å². The molecule has 2 nitrogen and oxygen atoms in total. The molecule has 2 atom stereocenters. The van der Waals surface area contributed by atoms with Crippen LogP contribution in [-0.2, 0) is 15.3 Å². The predicted molar refractivity (Wildman–Crippen MR) is 27.8 cm³/mol. The molecule has 1 heterocycles. The van der Waals surface area contributed by atoms with Crippen molar-refractivity contribution in [2.75, 3.05) is 0 Å². The molecular formula is C4H6O2S. The lowest BCUT2D eigenvalue weighted by molar-refractivity contribution is 0.313. The van der Waals surface area contributed by atoms with Crippen molar-refractivity contribution < 1.29 is 8.39 Å². The van der Waals surface area contributed by atoms with Gasteiger partial charge in [-0.1, -0.05) is 0 Å². The van der Waals surface area contributed by atoms with E-state index in [9.17, 15) is 4.21 Å². The second-order valence-electron chi connectivity index (χ2n) is 1.39. The molecule has 0 saturated carbocycles. The number of hydrogen-bond donors (Lipinski definition) is 0. The Morgan fingerprint density at radius 2 is 2.57 bits per heavy atom. The highest BCUT2D eigenvalue weighted by molar-refractivity contribution is 7.83. The van der Waals surface area contributed by atoms with Crippen molar-refractivity contribution in [2.24, 2.45) is 0 Å². The van der Waals surface area contributed by atoms with E-state index in [0.717, 1.165) is 0 Å². The third-order valence-corrected chi connectivity index (χ3v) is 1.58. The van der Waals surface area contributed by atoms with Gasteiger partial charge in [0.2, 0.25) is 0 Å². The Labute approximate surface area is 44.8 Å². The fourth-order valence-electron chi connectivity index (χ4n) is 0.389. The summed E-state index contributed by atoms with van der Waals surface area (Å²) in [6.45, 7) is 1.85. The maximum absolute atomic E-state index is 10.3. The molecule has 40 valence electrons. The SMILES string of the molecule is CC1C=CS(=O)O1. The van der Waals surface area contributed by atoms with E-state index in [-0.39, 0.29) is 6.10 Å². The zero-order valence-corrected chi connectivity index (χ0v) is 4.77. The van der Waals surface area contributed by atoms with Gasteiger partial charge in [0.15, 0.2) is 11.1 Å². The summed E-state index contributed by atoms with van der Waals surface area (Å²) in [4.78, 5) is 0. The number of hydrogen-bond acceptors (Lipinski definition) is 2. The van der Waals surface area contributed by atoms with Crippen LogP contribution in [0.1, 0.15) is 6.92 Å². The Kier molecular flexibility index (Phi) is 1.25. The highest BCUT2D eigenvalue weighted by Crippen LogP contribution is 2.05. The molecule has 0 aromatic rings. The van der Waals surface area contributed by atoms with Crippen molar-refractivity contribution in [1.82, 2.24) is 0 Å². The zero-order valence-electron chi connectivity index (χ0n) is 3.96. The molecule has 0 radical (unpaired) electrons. The first kappa shape index (κ1) is 5.00. The fraction of sp³-hybridized carbons (Fsp3) is 0.500. The largest absolute Gasteiger partial charge is 0.280 e. The molecule has 0 amide bonds. The van der Waals surface area contributed by atoms with Gasteiger partial charge in [0.1, 0.15) is 0 Å². The van der Waals surface area contributed by atoms with Crippen molar-refractivity contribution in [2.45, 2.75) is 13.0 Å². The van der Waals surface area contributed by atoms with Crippen LogP contribution in [0.2, 0.25) is 0 Å². The first-order chi connectivity index (χ1) is 3.29. The van der Waals surface area contributed by atoms with E-state index < -0.39 is 11.1 Å². The van der Waals surface area contributed by atoms with Crippen LogP contribution in [0, 0.1) is 0 Å². The van der Waals surface area contributed by atoms with Crippen molar-refractivity contribution >= 4 is 11.1 Å². The molecule has 0 bridgehead atoms. The molecule has 1 rings (SSSR count). The normalized spacial score (nSPS) is 39.6. The molecular weight excluding hydrogens is 112 g/mol. The molecule has 0 aliphatic carbocycles. The van der Waals surface area contributed by atoms with Gasteiger partial charge in [0.05, 0.1) is 6.10 Å². The lowest BCUT2D eigenvalue weighted by Crippen LogP contribution is -1.96. The Morgan fingerprint density at radius 1 is 1.86 bits per heavy atom. The van der Waals surface area contributed by atoms with Crippen LogP contribution >= 0.6 is 0 Å². The Balaban J connectivity index is 2.58. The molecule has 0 spiro atoms. The van der Waals surface area contributed by atoms with Crippen LogP contribution in [0.5, 0.6) is 0 Å². The third kappa shape index (κ3) is 1.11. The van der Waals surface area contributed by atoms with Crippen LogP contribution < -0.4 is 0 Å². The summed E-state index contributed by atoms with van der Waals surface area (Å²) in [6, 6.07) is 0. The summed E-state index contributed by atoms with van der Waals surface area (Å²) < 4.78 is 15.0. The average Bonchev–Trinajstić information content (AvgIpc) is 1.87. The Hall–Kier alpha value is -0.150. The predicted octanol–water partition coefficient (Wildman–Crippen LogP) is 0.583. The molecule has 7 heavy (non-hydrogen) atoms. The summed E-state index contributed by atoms with van der Waals surface area (Å²) in [5, 5.41) is 1.55. The van der Waals surface area contributed by atoms with E-state index in [2.05, 4.69) is 0 Å². The van der Waals surface area contributed by atoms with Gasteiger partial charge < -0.3 is 0 Å². The summed E-state index contributed by atoms with van der Waals surface area (Å²) in [6.07, 6.45) is 1.82. The van der Waals surface area contributed by atoms with Gasteiger partial charge >= 0.3 is 0 Å². The van der Waals surface area contributed by atoms with Gasteiger partial charge in [-0.15, -0.1) is 0 Å². The molecule has 0 aromatic heterocycles. The van der Waals surface area contributed by atoms with Gasteiger partial charge in [-0.3, -0.25) is 4.18 Å². The minimum atomic E-state index is -1.13. The van der Waals surface area contributed by atoms with Gasteiger partial charge in [-0.25, -0.2) is 4.21 Å². The molecule has 1 aliphatic rings. The first-order valence-corrected chi connectivity index (χ1v) is 3.19. The summed E-state index contributed by atoms with van der Waals surface area (Å²) in [5.74, 6) is 0. The number of rotatable bonds is 0. The minimum absolute atomic E-state index is 0.0424. The van der Waals surface area contributed by atoms with Crippen LogP contribution in [0.4, 0.5) is 0 Å². The van der Waals surface area contributed by atoms with Crippen LogP contribution in [0.3, 0.4) is 0 Å². The Morgan fingerprint density at radius 3 is 2.71 bits per heavy atom. The molecule has 1 aliphatic heterocycles.